The van der Waals surface area contributed by atoms with Crippen molar-refractivity contribution in [2.75, 3.05) is 5.52 Å². The van der Waals surface area contributed by atoms with Crippen molar-refractivity contribution in [3.63, 3.8) is 0 Å². The highest BCUT2D eigenvalue weighted by Gasteiger charge is 1.90. The van der Waals surface area contributed by atoms with Gasteiger partial charge in [-0.1, -0.05) is 44.0 Å². The third kappa shape index (κ3) is 3.36. The summed E-state index contributed by atoms with van der Waals surface area (Å²) >= 11 is 6.55. The van der Waals surface area contributed by atoms with Crippen LogP contribution >= 0.6 is 31.9 Å². The summed E-state index contributed by atoms with van der Waals surface area (Å²) in [6.07, 6.45) is 0. The van der Waals surface area contributed by atoms with Crippen LogP contribution in [0.5, 0.6) is 0 Å². The maximum atomic E-state index is 5.16. The molecule has 0 aliphatic carbocycles. The van der Waals surface area contributed by atoms with Crippen molar-refractivity contribution < 1.29 is 4.74 Å². The molecule has 0 spiro atoms. The molecule has 1 aromatic carbocycles. The topological polar surface area (TPSA) is 9.23 Å². The molecule has 0 N–H and O–H groups in total. The van der Waals surface area contributed by atoms with Crippen molar-refractivity contribution in [2.24, 2.45) is 0 Å². The Labute approximate surface area is 83.0 Å². The summed E-state index contributed by atoms with van der Waals surface area (Å²) in [5, 5.41) is 0. The van der Waals surface area contributed by atoms with Gasteiger partial charge in [0, 0.05) is 4.47 Å². The SMILES string of the molecule is BrCOCc1ccc(Br)cc1. The van der Waals surface area contributed by atoms with E-state index in [9.17, 15) is 0 Å². The second-order valence-corrected chi connectivity index (χ2v) is 3.46. The molecule has 0 saturated carbocycles. The van der Waals surface area contributed by atoms with E-state index in [1.54, 1.807) is 0 Å². The van der Waals surface area contributed by atoms with Gasteiger partial charge in [-0.3, -0.25) is 0 Å². The van der Waals surface area contributed by atoms with E-state index in [4.69, 9.17) is 4.74 Å². The molecular weight excluding hydrogens is 272 g/mol. The summed E-state index contributed by atoms with van der Waals surface area (Å²) in [6, 6.07) is 8.08. The monoisotopic (exact) mass is 278 g/mol. The molecule has 1 aromatic rings. The Balaban J connectivity index is 2.52. The lowest BCUT2D eigenvalue weighted by Crippen LogP contribution is -1.88. The van der Waals surface area contributed by atoms with Gasteiger partial charge in [-0.05, 0) is 17.7 Å². The van der Waals surface area contributed by atoms with E-state index in [1.165, 1.54) is 5.56 Å². The van der Waals surface area contributed by atoms with Crippen LogP contribution in [0.2, 0.25) is 0 Å². The summed E-state index contributed by atoms with van der Waals surface area (Å²) in [5.41, 5.74) is 1.77. The van der Waals surface area contributed by atoms with Gasteiger partial charge in [0.25, 0.3) is 0 Å². The van der Waals surface area contributed by atoms with Gasteiger partial charge in [0.2, 0.25) is 0 Å². The van der Waals surface area contributed by atoms with Crippen LogP contribution in [0.1, 0.15) is 5.56 Å². The number of benzene rings is 1. The number of hydrogen-bond acceptors (Lipinski definition) is 1. The molecule has 0 radical (unpaired) electrons. The minimum atomic E-state index is 0.586. The molecule has 0 fully saturated rings. The fourth-order valence-electron chi connectivity index (χ4n) is 0.737. The van der Waals surface area contributed by atoms with Gasteiger partial charge >= 0.3 is 0 Å². The number of ether oxygens (including phenoxy) is 1. The number of hydrogen-bond donors (Lipinski definition) is 0. The molecule has 0 unspecified atom stereocenters. The van der Waals surface area contributed by atoms with E-state index in [0.29, 0.717) is 12.1 Å². The van der Waals surface area contributed by atoms with E-state index in [-0.39, 0.29) is 0 Å². The normalized spacial score (nSPS) is 10.0. The fraction of sp³-hybridized carbons (Fsp3) is 0.250. The van der Waals surface area contributed by atoms with E-state index < -0.39 is 0 Å². The molecule has 0 atom stereocenters. The first kappa shape index (κ1) is 9.23. The lowest BCUT2D eigenvalue weighted by molar-refractivity contribution is 0.172. The molecule has 3 heteroatoms. The summed E-state index contributed by atoms with van der Waals surface area (Å²) in [6.45, 7) is 0.665. The zero-order chi connectivity index (χ0) is 8.10. The Hall–Kier alpha value is 0.140. The highest BCUT2D eigenvalue weighted by Crippen LogP contribution is 2.11. The van der Waals surface area contributed by atoms with Crippen molar-refractivity contribution in [3.05, 3.63) is 34.3 Å². The van der Waals surface area contributed by atoms with Crippen molar-refractivity contribution >= 4 is 31.9 Å². The molecule has 60 valence electrons. The molecule has 0 aliphatic heterocycles. The third-order valence-electron chi connectivity index (χ3n) is 1.26. The molecule has 0 amide bonds. The lowest BCUT2D eigenvalue weighted by atomic mass is 10.2. The highest BCUT2D eigenvalue weighted by atomic mass is 79.9. The number of halogens is 2. The largest absolute Gasteiger partial charge is 0.366 e. The number of alkyl halides is 1. The Kier molecular flexibility index (Phi) is 4.12. The fourth-order valence-corrected chi connectivity index (χ4v) is 1.16. The standard InChI is InChI=1S/C8H8Br2O/c9-6-11-5-7-1-3-8(10)4-2-7/h1-4H,5-6H2. The summed E-state index contributed by atoms with van der Waals surface area (Å²) < 4.78 is 6.26. The molecule has 0 heterocycles. The van der Waals surface area contributed by atoms with Gasteiger partial charge < -0.3 is 4.74 Å². The van der Waals surface area contributed by atoms with E-state index in [2.05, 4.69) is 31.9 Å². The minimum absolute atomic E-state index is 0.586. The van der Waals surface area contributed by atoms with Crippen molar-refractivity contribution in [1.82, 2.24) is 0 Å². The van der Waals surface area contributed by atoms with Crippen LogP contribution in [0.15, 0.2) is 28.7 Å². The van der Waals surface area contributed by atoms with Crippen LogP contribution in [0.25, 0.3) is 0 Å². The second kappa shape index (κ2) is 4.91. The molecule has 0 aliphatic rings. The average molecular weight is 280 g/mol. The first-order valence-corrected chi connectivity index (χ1v) is 5.12. The average Bonchev–Trinajstić information content (AvgIpc) is 2.04. The lowest BCUT2D eigenvalue weighted by Gasteiger charge is -1.99. The first-order valence-electron chi connectivity index (χ1n) is 3.21. The predicted molar refractivity (Wildman–Crippen MR) is 52.7 cm³/mol. The van der Waals surface area contributed by atoms with Crippen LogP contribution in [-0.4, -0.2) is 5.52 Å². The molecule has 0 saturated heterocycles. The van der Waals surface area contributed by atoms with Crippen molar-refractivity contribution in [3.8, 4) is 0 Å². The molecule has 0 bridgehead atoms. The van der Waals surface area contributed by atoms with Crippen molar-refractivity contribution in [1.29, 1.82) is 0 Å². The smallest absolute Gasteiger partial charge is 0.102 e. The maximum Gasteiger partial charge on any atom is 0.102 e. The van der Waals surface area contributed by atoms with Gasteiger partial charge in [0.1, 0.15) is 5.52 Å². The van der Waals surface area contributed by atoms with E-state index in [0.717, 1.165) is 4.47 Å². The van der Waals surface area contributed by atoms with Crippen LogP contribution in [0.3, 0.4) is 0 Å². The third-order valence-corrected chi connectivity index (χ3v) is 2.11. The maximum absolute atomic E-state index is 5.16. The first-order chi connectivity index (χ1) is 5.33. The van der Waals surface area contributed by atoms with Crippen molar-refractivity contribution in [2.45, 2.75) is 6.61 Å². The predicted octanol–water partition coefficient (Wildman–Crippen LogP) is 3.32. The number of rotatable bonds is 3. The summed E-state index contributed by atoms with van der Waals surface area (Å²) in [7, 11) is 0. The van der Waals surface area contributed by atoms with Gasteiger partial charge in [-0.2, -0.15) is 0 Å². The van der Waals surface area contributed by atoms with Crippen LogP contribution < -0.4 is 0 Å². The molecule has 11 heavy (non-hydrogen) atoms. The zero-order valence-corrected chi connectivity index (χ0v) is 9.06. The zero-order valence-electron chi connectivity index (χ0n) is 5.89. The summed E-state index contributed by atoms with van der Waals surface area (Å²) in [5.74, 6) is 0. The minimum Gasteiger partial charge on any atom is -0.366 e. The Morgan fingerprint density at radius 2 is 1.82 bits per heavy atom. The highest BCUT2D eigenvalue weighted by molar-refractivity contribution is 9.10. The molecule has 1 nitrogen and oxygen atoms in total. The van der Waals surface area contributed by atoms with Crippen LogP contribution in [0.4, 0.5) is 0 Å². The van der Waals surface area contributed by atoms with Crippen LogP contribution in [0, 0.1) is 0 Å². The van der Waals surface area contributed by atoms with Gasteiger partial charge in [0.05, 0.1) is 6.61 Å². The molecule has 0 aromatic heterocycles. The Morgan fingerprint density at radius 1 is 1.18 bits per heavy atom. The second-order valence-electron chi connectivity index (χ2n) is 2.08. The van der Waals surface area contributed by atoms with E-state index >= 15 is 0 Å². The van der Waals surface area contributed by atoms with E-state index in [1.807, 2.05) is 24.3 Å². The van der Waals surface area contributed by atoms with Crippen LogP contribution in [-0.2, 0) is 11.3 Å². The quantitative estimate of drug-likeness (QED) is 0.772. The van der Waals surface area contributed by atoms with Gasteiger partial charge in [-0.15, -0.1) is 0 Å². The Bertz CT molecular complexity index is 208. The van der Waals surface area contributed by atoms with Gasteiger partial charge in [0.15, 0.2) is 0 Å². The summed E-state index contributed by atoms with van der Waals surface area (Å²) in [4.78, 5) is 0. The van der Waals surface area contributed by atoms with Gasteiger partial charge in [-0.25, -0.2) is 0 Å². The molecule has 1 rings (SSSR count). The Morgan fingerprint density at radius 3 is 2.36 bits per heavy atom. The molecular formula is C8H8Br2O.